The van der Waals surface area contributed by atoms with Crippen LogP contribution >= 0.6 is 23.2 Å². The first-order valence-electron chi connectivity index (χ1n) is 6.85. The van der Waals surface area contributed by atoms with Crippen LogP contribution in [0.1, 0.15) is 45.6 Å². The normalized spacial score (nSPS) is 30.3. The Hall–Kier alpha value is -0.240. The summed E-state index contributed by atoms with van der Waals surface area (Å²) in [7, 11) is 0. The molecular formula is C16H22Cl2O. The molecule has 0 amide bonds. The largest absolute Gasteiger partial charge is 0.390 e. The van der Waals surface area contributed by atoms with Crippen molar-refractivity contribution in [2.24, 2.45) is 11.3 Å². The van der Waals surface area contributed by atoms with Crippen LogP contribution in [0, 0.1) is 11.3 Å². The first kappa shape index (κ1) is 15.2. The second kappa shape index (κ2) is 5.27. The summed E-state index contributed by atoms with van der Waals surface area (Å²) in [6, 6.07) is 5.46. The first-order chi connectivity index (χ1) is 8.69. The van der Waals surface area contributed by atoms with Crippen LogP contribution in [-0.2, 0) is 6.42 Å². The van der Waals surface area contributed by atoms with E-state index in [9.17, 15) is 5.11 Å². The minimum Gasteiger partial charge on any atom is -0.390 e. The Balaban J connectivity index is 2.23. The fourth-order valence-electron chi connectivity index (χ4n) is 3.87. The average molecular weight is 301 g/mol. The Morgan fingerprint density at radius 1 is 1.26 bits per heavy atom. The van der Waals surface area contributed by atoms with E-state index in [1.807, 2.05) is 6.07 Å². The van der Waals surface area contributed by atoms with E-state index < -0.39 is 5.60 Å². The molecule has 0 bridgehead atoms. The van der Waals surface area contributed by atoms with Gasteiger partial charge >= 0.3 is 0 Å². The van der Waals surface area contributed by atoms with E-state index in [4.69, 9.17) is 23.2 Å². The quantitative estimate of drug-likeness (QED) is 0.804. The van der Waals surface area contributed by atoms with Crippen LogP contribution < -0.4 is 0 Å². The molecule has 1 fully saturated rings. The van der Waals surface area contributed by atoms with E-state index in [-0.39, 0.29) is 5.41 Å². The fraction of sp³-hybridized carbons (Fsp3) is 0.625. The molecule has 2 rings (SSSR count). The predicted octanol–water partition coefficient (Wildman–Crippen LogP) is 5.11. The molecule has 1 N–H and O–H groups in total. The van der Waals surface area contributed by atoms with Gasteiger partial charge in [-0.2, -0.15) is 0 Å². The van der Waals surface area contributed by atoms with E-state index in [2.05, 4.69) is 20.8 Å². The van der Waals surface area contributed by atoms with Crippen LogP contribution in [0.25, 0.3) is 0 Å². The molecule has 1 aromatic rings. The predicted molar refractivity (Wildman–Crippen MR) is 81.9 cm³/mol. The van der Waals surface area contributed by atoms with Gasteiger partial charge in [0.1, 0.15) is 0 Å². The highest BCUT2D eigenvalue weighted by Gasteiger charge is 2.41. The zero-order chi connectivity index (χ0) is 14.3. The first-order valence-corrected chi connectivity index (χ1v) is 7.61. The maximum absolute atomic E-state index is 10.9. The van der Waals surface area contributed by atoms with Gasteiger partial charge in [0.25, 0.3) is 0 Å². The van der Waals surface area contributed by atoms with Crippen molar-refractivity contribution in [2.45, 2.75) is 52.1 Å². The lowest BCUT2D eigenvalue weighted by Gasteiger charge is -2.45. The third-order valence-electron chi connectivity index (χ3n) is 3.96. The Morgan fingerprint density at radius 3 is 2.58 bits per heavy atom. The lowest BCUT2D eigenvalue weighted by atomic mass is 9.64. The van der Waals surface area contributed by atoms with E-state index >= 15 is 0 Å². The van der Waals surface area contributed by atoms with Crippen LogP contribution in [-0.4, -0.2) is 10.7 Å². The van der Waals surface area contributed by atoms with Gasteiger partial charge in [0.05, 0.1) is 5.60 Å². The molecule has 2 unspecified atom stereocenters. The summed E-state index contributed by atoms with van der Waals surface area (Å²) in [5.74, 6) is 0.534. The van der Waals surface area contributed by atoms with Crippen LogP contribution in [0.3, 0.4) is 0 Å². The zero-order valence-corrected chi connectivity index (χ0v) is 13.4. The standard InChI is InChI=1S/C16H22Cl2O/c1-11-7-15(2,3)10-16(19,8-11)9-12-6-13(17)4-5-14(12)18/h4-6,11,19H,7-10H2,1-3H3. The van der Waals surface area contributed by atoms with Crippen LogP contribution in [0.15, 0.2) is 18.2 Å². The van der Waals surface area contributed by atoms with Gasteiger partial charge in [0, 0.05) is 16.5 Å². The highest BCUT2D eigenvalue weighted by Crippen LogP contribution is 2.45. The number of rotatable bonds is 2. The van der Waals surface area contributed by atoms with Gasteiger partial charge in [-0.05, 0) is 54.4 Å². The molecule has 3 heteroatoms. The smallest absolute Gasteiger partial charge is 0.0696 e. The third-order valence-corrected chi connectivity index (χ3v) is 4.57. The summed E-state index contributed by atoms with van der Waals surface area (Å²) in [6.45, 7) is 6.67. The Bertz CT molecular complexity index is 470. The van der Waals surface area contributed by atoms with Gasteiger partial charge in [-0.25, -0.2) is 0 Å². The van der Waals surface area contributed by atoms with Crippen molar-refractivity contribution in [1.29, 1.82) is 0 Å². The van der Waals surface area contributed by atoms with Gasteiger partial charge < -0.3 is 5.11 Å². The van der Waals surface area contributed by atoms with Crippen molar-refractivity contribution in [2.75, 3.05) is 0 Å². The van der Waals surface area contributed by atoms with Crippen LogP contribution in [0.4, 0.5) is 0 Å². The molecule has 1 nitrogen and oxygen atoms in total. The molecule has 2 atom stereocenters. The fourth-order valence-corrected chi connectivity index (χ4v) is 4.25. The second-order valence-corrected chi connectivity index (χ2v) is 7.83. The summed E-state index contributed by atoms with van der Waals surface area (Å²) in [5.41, 5.74) is 0.453. The zero-order valence-electron chi connectivity index (χ0n) is 11.8. The van der Waals surface area contributed by atoms with Crippen LogP contribution in [0.5, 0.6) is 0 Å². The third kappa shape index (κ3) is 3.87. The molecule has 0 radical (unpaired) electrons. The number of hydrogen-bond acceptors (Lipinski definition) is 1. The molecule has 0 aromatic heterocycles. The number of hydrogen-bond donors (Lipinski definition) is 1. The van der Waals surface area contributed by atoms with Gasteiger partial charge in [-0.15, -0.1) is 0 Å². The van der Waals surface area contributed by atoms with Crippen molar-refractivity contribution in [1.82, 2.24) is 0 Å². The Labute approximate surface area is 125 Å². The molecule has 19 heavy (non-hydrogen) atoms. The molecule has 0 spiro atoms. The SMILES string of the molecule is CC1CC(C)(C)CC(O)(Cc2cc(Cl)ccc2Cl)C1. The lowest BCUT2D eigenvalue weighted by molar-refractivity contribution is -0.0574. The number of benzene rings is 1. The molecule has 106 valence electrons. The number of halogens is 2. The maximum Gasteiger partial charge on any atom is 0.0696 e. The summed E-state index contributed by atoms with van der Waals surface area (Å²) in [4.78, 5) is 0. The van der Waals surface area contributed by atoms with Gasteiger partial charge in [0.15, 0.2) is 0 Å². The summed E-state index contributed by atoms with van der Waals surface area (Å²) < 4.78 is 0. The van der Waals surface area contributed by atoms with E-state index in [0.29, 0.717) is 22.4 Å². The summed E-state index contributed by atoms with van der Waals surface area (Å²) in [6.07, 6.45) is 3.39. The van der Waals surface area contributed by atoms with Crippen molar-refractivity contribution < 1.29 is 5.11 Å². The maximum atomic E-state index is 10.9. The topological polar surface area (TPSA) is 20.2 Å². The van der Waals surface area contributed by atoms with Crippen molar-refractivity contribution in [3.8, 4) is 0 Å². The Morgan fingerprint density at radius 2 is 1.95 bits per heavy atom. The summed E-state index contributed by atoms with van der Waals surface area (Å²) in [5, 5.41) is 12.3. The van der Waals surface area contributed by atoms with Crippen LogP contribution in [0.2, 0.25) is 10.0 Å². The molecular weight excluding hydrogens is 279 g/mol. The minimum absolute atomic E-state index is 0.178. The minimum atomic E-state index is -0.671. The van der Waals surface area contributed by atoms with Gasteiger partial charge in [-0.1, -0.05) is 44.0 Å². The molecule has 1 saturated carbocycles. The Kier molecular flexibility index (Phi) is 4.21. The van der Waals surface area contributed by atoms with Crippen molar-refractivity contribution >= 4 is 23.2 Å². The van der Waals surface area contributed by atoms with Crippen molar-refractivity contribution in [3.63, 3.8) is 0 Å². The second-order valence-electron chi connectivity index (χ2n) is 6.99. The molecule has 1 aliphatic rings. The van der Waals surface area contributed by atoms with Gasteiger partial charge in [0.2, 0.25) is 0 Å². The number of aliphatic hydroxyl groups is 1. The summed E-state index contributed by atoms with van der Waals surface area (Å²) >= 11 is 12.2. The highest BCUT2D eigenvalue weighted by atomic mass is 35.5. The molecule has 1 aromatic carbocycles. The van der Waals surface area contributed by atoms with Gasteiger partial charge in [-0.3, -0.25) is 0 Å². The lowest BCUT2D eigenvalue weighted by Crippen LogP contribution is -2.43. The molecule has 1 aliphatic carbocycles. The van der Waals surface area contributed by atoms with E-state index in [1.54, 1.807) is 12.1 Å². The monoisotopic (exact) mass is 300 g/mol. The molecule has 0 saturated heterocycles. The van der Waals surface area contributed by atoms with Crippen molar-refractivity contribution in [3.05, 3.63) is 33.8 Å². The van der Waals surface area contributed by atoms with E-state index in [1.165, 1.54) is 6.42 Å². The molecule has 0 aliphatic heterocycles. The highest BCUT2D eigenvalue weighted by molar-refractivity contribution is 6.33. The molecule has 0 heterocycles. The average Bonchev–Trinajstić information content (AvgIpc) is 2.19. The van der Waals surface area contributed by atoms with E-state index in [0.717, 1.165) is 18.4 Å².